The molecule has 0 radical (unpaired) electrons. The van der Waals surface area contributed by atoms with E-state index in [2.05, 4.69) is 4.98 Å². The number of thiazole rings is 1. The Morgan fingerprint density at radius 3 is 2.53 bits per heavy atom. The van der Waals surface area contributed by atoms with Crippen molar-refractivity contribution < 1.29 is 14.7 Å². The van der Waals surface area contributed by atoms with E-state index in [1.54, 1.807) is 4.90 Å². The Morgan fingerprint density at radius 1 is 1.59 bits per heavy atom. The highest BCUT2D eigenvalue weighted by molar-refractivity contribution is 7.18. The summed E-state index contributed by atoms with van der Waals surface area (Å²) >= 11 is 6.62. The summed E-state index contributed by atoms with van der Waals surface area (Å²) < 4.78 is 0. The molecule has 1 aromatic rings. The number of hydrogen-bond donors (Lipinski definition) is 2. The number of carboxylic acids is 1. The molecule has 0 aliphatic rings. The van der Waals surface area contributed by atoms with E-state index in [1.165, 1.54) is 0 Å². The number of rotatable bonds is 5. The van der Waals surface area contributed by atoms with Gasteiger partial charge in [-0.1, -0.05) is 22.9 Å². The van der Waals surface area contributed by atoms with Crippen LogP contribution < -0.4 is 10.6 Å². The van der Waals surface area contributed by atoms with E-state index < -0.39 is 11.9 Å². The maximum Gasteiger partial charge on any atom is 0.349 e. The maximum absolute atomic E-state index is 10.9. The molecule has 8 heteroatoms. The first-order valence-electron chi connectivity index (χ1n) is 4.77. The van der Waals surface area contributed by atoms with Crippen LogP contribution in [-0.4, -0.2) is 34.6 Å². The predicted molar refractivity (Wildman–Crippen MR) is 65.8 cm³/mol. The molecule has 0 atom stereocenters. The zero-order valence-corrected chi connectivity index (χ0v) is 10.9. The average molecular weight is 278 g/mol. The summed E-state index contributed by atoms with van der Waals surface area (Å²) in [4.78, 5) is 27.2. The van der Waals surface area contributed by atoms with Crippen LogP contribution in [0.1, 0.15) is 23.5 Å². The molecule has 0 aliphatic carbocycles. The SMILES string of the molecule is CC(C)N(CC(N)=O)c1nc(Cl)c(C(=O)O)s1. The first kappa shape index (κ1) is 13.7. The van der Waals surface area contributed by atoms with Crippen LogP contribution in [0.5, 0.6) is 0 Å². The zero-order valence-electron chi connectivity index (χ0n) is 9.31. The zero-order chi connectivity index (χ0) is 13.2. The number of carbonyl (C=O) groups excluding carboxylic acids is 1. The van der Waals surface area contributed by atoms with Crippen molar-refractivity contribution in [3.63, 3.8) is 0 Å². The van der Waals surface area contributed by atoms with Gasteiger partial charge in [-0.05, 0) is 13.8 Å². The van der Waals surface area contributed by atoms with Crippen LogP contribution in [0.2, 0.25) is 5.15 Å². The number of carboxylic acid groups (broad SMARTS) is 1. The number of carbonyl (C=O) groups is 2. The second kappa shape index (κ2) is 5.33. The van der Waals surface area contributed by atoms with Crippen LogP contribution in [0.25, 0.3) is 0 Å². The Labute approximate surface area is 107 Å². The van der Waals surface area contributed by atoms with E-state index in [9.17, 15) is 9.59 Å². The predicted octanol–water partition coefficient (Wildman–Crippen LogP) is 1.19. The van der Waals surface area contributed by atoms with E-state index in [-0.39, 0.29) is 22.6 Å². The second-order valence-corrected chi connectivity index (χ2v) is 4.95. The summed E-state index contributed by atoms with van der Waals surface area (Å²) in [6, 6.07) is -0.0358. The van der Waals surface area contributed by atoms with Crippen molar-refractivity contribution in [3.05, 3.63) is 10.0 Å². The van der Waals surface area contributed by atoms with E-state index in [4.69, 9.17) is 22.4 Å². The third kappa shape index (κ3) is 3.31. The van der Waals surface area contributed by atoms with Crippen LogP contribution >= 0.6 is 22.9 Å². The maximum atomic E-state index is 10.9. The minimum atomic E-state index is -1.14. The minimum absolute atomic E-state index is 0.0272. The van der Waals surface area contributed by atoms with Gasteiger partial charge >= 0.3 is 5.97 Å². The lowest BCUT2D eigenvalue weighted by atomic mass is 10.3. The van der Waals surface area contributed by atoms with Gasteiger partial charge in [-0.2, -0.15) is 0 Å². The van der Waals surface area contributed by atoms with Crippen molar-refractivity contribution in [2.75, 3.05) is 11.4 Å². The van der Waals surface area contributed by atoms with Crippen molar-refractivity contribution >= 4 is 39.9 Å². The van der Waals surface area contributed by atoms with Gasteiger partial charge in [0.1, 0.15) is 0 Å². The molecular formula is C9H12ClN3O3S. The molecule has 0 unspecified atom stereocenters. The molecule has 6 nitrogen and oxygen atoms in total. The fourth-order valence-electron chi connectivity index (χ4n) is 1.18. The molecule has 1 heterocycles. The molecule has 0 aromatic carbocycles. The number of aromatic carboxylic acids is 1. The van der Waals surface area contributed by atoms with Gasteiger partial charge in [-0.25, -0.2) is 9.78 Å². The quantitative estimate of drug-likeness (QED) is 0.843. The fourth-order valence-corrected chi connectivity index (χ4v) is 2.44. The number of amides is 1. The van der Waals surface area contributed by atoms with Gasteiger partial charge in [0.25, 0.3) is 0 Å². The van der Waals surface area contributed by atoms with Gasteiger partial charge in [0.15, 0.2) is 15.2 Å². The third-order valence-electron chi connectivity index (χ3n) is 1.96. The normalized spacial score (nSPS) is 10.6. The van der Waals surface area contributed by atoms with E-state index in [1.807, 2.05) is 13.8 Å². The Kier molecular flexibility index (Phi) is 4.30. The molecule has 1 amide bonds. The van der Waals surface area contributed by atoms with Gasteiger partial charge < -0.3 is 15.7 Å². The minimum Gasteiger partial charge on any atom is -0.477 e. The fraction of sp³-hybridized carbons (Fsp3) is 0.444. The van der Waals surface area contributed by atoms with Gasteiger partial charge in [0, 0.05) is 6.04 Å². The first-order chi connectivity index (χ1) is 7.82. The molecule has 0 bridgehead atoms. The molecule has 0 fully saturated rings. The summed E-state index contributed by atoms with van der Waals surface area (Å²) in [5, 5.41) is 9.16. The molecule has 1 aromatic heterocycles. The van der Waals surface area contributed by atoms with Crippen molar-refractivity contribution in [3.8, 4) is 0 Å². The summed E-state index contributed by atoms with van der Waals surface area (Å²) in [5.41, 5.74) is 5.12. The molecule has 3 N–H and O–H groups in total. The number of nitrogens with zero attached hydrogens (tertiary/aromatic N) is 2. The van der Waals surface area contributed by atoms with Crippen LogP contribution in [0, 0.1) is 0 Å². The highest BCUT2D eigenvalue weighted by atomic mass is 35.5. The Bertz CT molecular complexity index is 447. The van der Waals surface area contributed by atoms with Crippen LogP contribution in [0.15, 0.2) is 0 Å². The summed E-state index contributed by atoms with van der Waals surface area (Å²) in [6.45, 7) is 3.66. The monoisotopic (exact) mass is 277 g/mol. The van der Waals surface area contributed by atoms with E-state index >= 15 is 0 Å². The molecule has 0 saturated carbocycles. The molecular weight excluding hydrogens is 266 g/mol. The summed E-state index contributed by atoms with van der Waals surface area (Å²) in [6.07, 6.45) is 0. The average Bonchev–Trinajstić information content (AvgIpc) is 2.55. The number of nitrogens with two attached hydrogens (primary N) is 1. The lowest BCUT2D eigenvalue weighted by molar-refractivity contribution is -0.116. The molecule has 0 aliphatic heterocycles. The van der Waals surface area contributed by atoms with Gasteiger partial charge in [-0.15, -0.1) is 0 Å². The molecule has 17 heavy (non-hydrogen) atoms. The number of aromatic nitrogens is 1. The Hall–Kier alpha value is -1.34. The van der Waals surface area contributed by atoms with E-state index in [0.29, 0.717) is 5.13 Å². The molecule has 0 saturated heterocycles. The lowest BCUT2D eigenvalue weighted by Crippen LogP contribution is -2.38. The van der Waals surface area contributed by atoms with Gasteiger partial charge in [0.2, 0.25) is 5.91 Å². The summed E-state index contributed by atoms with van der Waals surface area (Å²) in [7, 11) is 0. The summed E-state index contributed by atoms with van der Waals surface area (Å²) in [5.74, 6) is -1.65. The molecule has 0 spiro atoms. The number of hydrogen-bond acceptors (Lipinski definition) is 5. The standard InChI is InChI=1S/C9H12ClN3O3S/c1-4(2)13(3-5(11)14)9-12-7(10)6(17-9)8(15)16/h4H,3H2,1-2H3,(H2,11,14)(H,15,16). The number of primary amides is 1. The van der Waals surface area contributed by atoms with Crippen molar-refractivity contribution in [2.24, 2.45) is 5.73 Å². The number of halogens is 1. The smallest absolute Gasteiger partial charge is 0.349 e. The number of anilines is 1. The Morgan fingerprint density at radius 2 is 2.18 bits per heavy atom. The van der Waals surface area contributed by atoms with Gasteiger partial charge in [0.05, 0.1) is 6.54 Å². The molecule has 94 valence electrons. The largest absolute Gasteiger partial charge is 0.477 e. The van der Waals surface area contributed by atoms with Crippen molar-refractivity contribution in [2.45, 2.75) is 19.9 Å². The lowest BCUT2D eigenvalue weighted by Gasteiger charge is -2.24. The van der Waals surface area contributed by atoms with Crippen molar-refractivity contribution in [1.82, 2.24) is 4.98 Å². The Balaban J connectivity index is 3.07. The third-order valence-corrected chi connectivity index (χ3v) is 3.43. The topological polar surface area (TPSA) is 96.5 Å². The van der Waals surface area contributed by atoms with Crippen molar-refractivity contribution in [1.29, 1.82) is 0 Å². The molecule has 1 rings (SSSR count). The van der Waals surface area contributed by atoms with E-state index in [0.717, 1.165) is 11.3 Å². The highest BCUT2D eigenvalue weighted by Gasteiger charge is 2.22. The van der Waals surface area contributed by atoms with Crippen LogP contribution in [0.3, 0.4) is 0 Å². The highest BCUT2D eigenvalue weighted by Crippen LogP contribution is 2.30. The van der Waals surface area contributed by atoms with Crippen LogP contribution in [0.4, 0.5) is 5.13 Å². The second-order valence-electron chi connectivity index (χ2n) is 3.61. The first-order valence-corrected chi connectivity index (χ1v) is 5.97. The van der Waals surface area contributed by atoms with Crippen LogP contribution in [-0.2, 0) is 4.79 Å². The van der Waals surface area contributed by atoms with Gasteiger partial charge in [-0.3, -0.25) is 4.79 Å².